The molecule has 1 heterocycles. The maximum atomic E-state index is 13.7. The Kier molecular flexibility index (Phi) is 3.37. The van der Waals surface area contributed by atoms with E-state index in [0.717, 1.165) is 4.88 Å². The fourth-order valence-electron chi connectivity index (χ4n) is 1.44. The molecule has 0 spiro atoms. The molecular weight excluding hydrogens is 296 g/mol. The Morgan fingerprint density at radius 3 is 2.62 bits per heavy atom. The molecule has 0 bridgehead atoms. The van der Waals surface area contributed by atoms with Gasteiger partial charge < -0.3 is 5.73 Å². The van der Waals surface area contributed by atoms with Crippen molar-refractivity contribution in [3.63, 3.8) is 0 Å². The van der Waals surface area contributed by atoms with Gasteiger partial charge in [-0.05, 0) is 39.5 Å². The number of hydrogen-bond donors (Lipinski definition) is 1. The summed E-state index contributed by atoms with van der Waals surface area (Å²) in [6.45, 7) is 0. The van der Waals surface area contributed by atoms with Crippen LogP contribution in [-0.4, -0.2) is 0 Å². The van der Waals surface area contributed by atoms with Gasteiger partial charge in [-0.15, -0.1) is 11.3 Å². The Labute approximate surface area is 104 Å². The second kappa shape index (κ2) is 4.61. The number of benzene rings is 1. The van der Waals surface area contributed by atoms with E-state index in [1.54, 1.807) is 12.1 Å². The summed E-state index contributed by atoms with van der Waals surface area (Å²) >= 11 is 4.39. The molecule has 1 aromatic carbocycles. The fourth-order valence-corrected chi connectivity index (χ4v) is 2.52. The van der Waals surface area contributed by atoms with Gasteiger partial charge in [-0.25, -0.2) is 8.78 Å². The maximum absolute atomic E-state index is 13.7. The van der Waals surface area contributed by atoms with Crippen molar-refractivity contribution >= 4 is 27.3 Å². The molecule has 2 rings (SSSR count). The molecule has 2 aromatic rings. The zero-order valence-electron chi connectivity index (χ0n) is 8.08. The summed E-state index contributed by atoms with van der Waals surface area (Å²) in [7, 11) is 0. The molecule has 84 valence electrons. The molecule has 0 saturated carbocycles. The lowest BCUT2D eigenvalue weighted by Gasteiger charge is -2.13. The molecule has 1 unspecified atom stereocenters. The fraction of sp³-hybridized carbons (Fsp3) is 0.0909. The second-order valence-corrected chi connectivity index (χ2v) is 5.08. The summed E-state index contributed by atoms with van der Waals surface area (Å²) in [5, 5.41) is 1.82. The van der Waals surface area contributed by atoms with E-state index in [9.17, 15) is 8.78 Å². The van der Waals surface area contributed by atoms with E-state index in [0.29, 0.717) is 0 Å². The SMILES string of the molecule is NC(c1cccs1)c1c(F)ccc(Br)c1F. The molecule has 0 radical (unpaired) electrons. The monoisotopic (exact) mass is 303 g/mol. The molecule has 0 aliphatic heterocycles. The number of rotatable bonds is 2. The Bertz CT molecular complexity index is 499. The quantitative estimate of drug-likeness (QED) is 0.838. The van der Waals surface area contributed by atoms with Crippen LogP contribution in [-0.2, 0) is 0 Å². The van der Waals surface area contributed by atoms with Gasteiger partial charge in [0, 0.05) is 10.4 Å². The first-order valence-corrected chi connectivity index (χ1v) is 6.21. The van der Waals surface area contributed by atoms with Gasteiger partial charge in [0.2, 0.25) is 0 Å². The highest BCUT2D eigenvalue weighted by Crippen LogP contribution is 2.30. The van der Waals surface area contributed by atoms with Crippen molar-refractivity contribution in [1.82, 2.24) is 0 Å². The van der Waals surface area contributed by atoms with Crippen LogP contribution >= 0.6 is 27.3 Å². The second-order valence-electron chi connectivity index (χ2n) is 3.25. The molecule has 0 aliphatic carbocycles. The van der Waals surface area contributed by atoms with E-state index in [4.69, 9.17) is 5.73 Å². The van der Waals surface area contributed by atoms with Gasteiger partial charge in [0.05, 0.1) is 10.5 Å². The van der Waals surface area contributed by atoms with Crippen molar-refractivity contribution in [2.75, 3.05) is 0 Å². The van der Waals surface area contributed by atoms with Crippen LogP contribution in [0, 0.1) is 11.6 Å². The first-order chi connectivity index (χ1) is 7.61. The zero-order chi connectivity index (χ0) is 11.7. The lowest BCUT2D eigenvalue weighted by molar-refractivity contribution is 0.541. The molecule has 0 aliphatic rings. The van der Waals surface area contributed by atoms with Gasteiger partial charge in [-0.1, -0.05) is 6.07 Å². The molecule has 1 aromatic heterocycles. The third-order valence-electron chi connectivity index (χ3n) is 2.24. The third kappa shape index (κ3) is 2.03. The largest absolute Gasteiger partial charge is 0.319 e. The van der Waals surface area contributed by atoms with Crippen LogP contribution in [0.5, 0.6) is 0 Å². The average molecular weight is 304 g/mol. The molecule has 1 atom stereocenters. The van der Waals surface area contributed by atoms with Gasteiger partial charge in [0.15, 0.2) is 0 Å². The summed E-state index contributed by atoms with van der Waals surface area (Å²) < 4.78 is 27.5. The Hall–Kier alpha value is -0.780. The van der Waals surface area contributed by atoms with Crippen molar-refractivity contribution in [3.8, 4) is 0 Å². The minimum Gasteiger partial charge on any atom is -0.319 e. The predicted octanol–water partition coefficient (Wildman–Crippen LogP) is 3.84. The lowest BCUT2D eigenvalue weighted by Crippen LogP contribution is -2.14. The molecule has 2 N–H and O–H groups in total. The van der Waals surface area contributed by atoms with Crippen LogP contribution in [0.4, 0.5) is 8.78 Å². The minimum absolute atomic E-state index is 0.100. The maximum Gasteiger partial charge on any atom is 0.145 e. The highest BCUT2D eigenvalue weighted by Gasteiger charge is 2.20. The van der Waals surface area contributed by atoms with Gasteiger partial charge >= 0.3 is 0 Å². The van der Waals surface area contributed by atoms with Crippen molar-refractivity contribution in [3.05, 3.63) is 56.2 Å². The first kappa shape index (κ1) is 11.7. The average Bonchev–Trinajstić information content (AvgIpc) is 2.77. The Morgan fingerprint density at radius 2 is 2.00 bits per heavy atom. The lowest BCUT2D eigenvalue weighted by atomic mass is 10.1. The number of thiophene rings is 1. The Morgan fingerprint density at radius 1 is 1.25 bits per heavy atom. The van der Waals surface area contributed by atoms with Crippen LogP contribution in [0.15, 0.2) is 34.1 Å². The van der Waals surface area contributed by atoms with E-state index in [2.05, 4.69) is 15.9 Å². The molecule has 0 fully saturated rings. The molecule has 0 saturated heterocycles. The summed E-state index contributed by atoms with van der Waals surface area (Å²) in [4.78, 5) is 0.732. The van der Waals surface area contributed by atoms with Gasteiger partial charge in [-0.2, -0.15) is 0 Å². The summed E-state index contributed by atoms with van der Waals surface area (Å²) in [6.07, 6.45) is 0. The summed E-state index contributed by atoms with van der Waals surface area (Å²) in [5.41, 5.74) is 5.74. The van der Waals surface area contributed by atoms with Crippen LogP contribution in [0.2, 0.25) is 0 Å². The van der Waals surface area contributed by atoms with E-state index in [1.165, 1.54) is 23.5 Å². The Balaban J connectivity index is 2.52. The molecule has 0 amide bonds. The summed E-state index contributed by atoms with van der Waals surface area (Å²) in [5.74, 6) is -1.26. The molecule has 1 nitrogen and oxygen atoms in total. The van der Waals surface area contributed by atoms with Gasteiger partial charge in [-0.3, -0.25) is 0 Å². The topological polar surface area (TPSA) is 26.0 Å². The van der Waals surface area contributed by atoms with E-state index in [1.807, 2.05) is 5.38 Å². The molecule has 16 heavy (non-hydrogen) atoms. The number of nitrogens with two attached hydrogens (primary N) is 1. The van der Waals surface area contributed by atoms with Crippen LogP contribution in [0.3, 0.4) is 0 Å². The molecular formula is C11H8BrF2NS. The van der Waals surface area contributed by atoms with Gasteiger partial charge in [0.25, 0.3) is 0 Å². The number of hydrogen-bond acceptors (Lipinski definition) is 2. The van der Waals surface area contributed by atoms with Crippen LogP contribution in [0.1, 0.15) is 16.5 Å². The van der Waals surface area contributed by atoms with Crippen molar-refractivity contribution in [2.24, 2.45) is 5.73 Å². The first-order valence-electron chi connectivity index (χ1n) is 4.53. The minimum atomic E-state index is -0.766. The van der Waals surface area contributed by atoms with Crippen molar-refractivity contribution in [1.29, 1.82) is 0 Å². The van der Waals surface area contributed by atoms with E-state index in [-0.39, 0.29) is 10.0 Å². The van der Waals surface area contributed by atoms with E-state index < -0.39 is 17.7 Å². The van der Waals surface area contributed by atoms with Crippen LogP contribution < -0.4 is 5.73 Å². The smallest absolute Gasteiger partial charge is 0.145 e. The summed E-state index contributed by atoms with van der Waals surface area (Å²) in [6, 6.07) is 5.33. The van der Waals surface area contributed by atoms with E-state index >= 15 is 0 Å². The zero-order valence-corrected chi connectivity index (χ0v) is 10.5. The molecule has 5 heteroatoms. The van der Waals surface area contributed by atoms with Crippen molar-refractivity contribution in [2.45, 2.75) is 6.04 Å². The third-order valence-corrected chi connectivity index (χ3v) is 3.81. The predicted molar refractivity (Wildman–Crippen MR) is 64.4 cm³/mol. The standard InChI is InChI=1S/C11H8BrF2NS/c12-6-3-4-7(13)9(10(6)14)11(15)8-2-1-5-16-8/h1-5,11H,15H2. The van der Waals surface area contributed by atoms with Crippen molar-refractivity contribution < 1.29 is 8.78 Å². The normalized spacial score (nSPS) is 12.8. The highest BCUT2D eigenvalue weighted by molar-refractivity contribution is 9.10. The van der Waals surface area contributed by atoms with Crippen LogP contribution in [0.25, 0.3) is 0 Å². The number of halogens is 3. The highest BCUT2D eigenvalue weighted by atomic mass is 79.9. The van der Waals surface area contributed by atoms with Gasteiger partial charge in [0.1, 0.15) is 11.6 Å².